The van der Waals surface area contributed by atoms with Crippen molar-refractivity contribution in [1.82, 2.24) is 5.32 Å². The summed E-state index contributed by atoms with van der Waals surface area (Å²) >= 11 is 0. The molecular weight excluding hydrogens is 245 g/mol. The van der Waals surface area contributed by atoms with Gasteiger partial charge in [0.05, 0.1) is 0 Å². The van der Waals surface area contributed by atoms with E-state index in [0.717, 1.165) is 18.8 Å². The quantitative estimate of drug-likeness (QED) is 0.803. The number of aromatic hydroxyl groups is 1. The number of hydrogen-bond donors (Lipinski definition) is 2. The van der Waals surface area contributed by atoms with Gasteiger partial charge >= 0.3 is 0 Å². The Bertz CT molecular complexity index is 422. The van der Waals surface area contributed by atoms with Gasteiger partial charge in [0.15, 0.2) is 0 Å². The molecule has 0 aromatic heterocycles. The maximum Gasteiger partial charge on any atom is 0.258 e. The Balaban J connectivity index is 1.77. The summed E-state index contributed by atoms with van der Waals surface area (Å²) in [6.45, 7) is 0.531. The molecule has 1 aliphatic carbocycles. The summed E-state index contributed by atoms with van der Waals surface area (Å²) in [7, 11) is 0. The second-order valence-corrected chi connectivity index (χ2v) is 5.18. The van der Waals surface area contributed by atoms with E-state index in [0.29, 0.717) is 6.54 Å². The van der Waals surface area contributed by atoms with Crippen LogP contribution in [0.1, 0.15) is 48.9 Å². The summed E-state index contributed by atoms with van der Waals surface area (Å²) in [5.74, 6) is -0.748. The third-order valence-electron chi connectivity index (χ3n) is 3.77. The molecule has 0 bridgehead atoms. The first-order valence-electron chi connectivity index (χ1n) is 6.94. The Kier molecular flexibility index (Phi) is 4.77. The van der Waals surface area contributed by atoms with E-state index in [2.05, 4.69) is 5.32 Å². The van der Waals surface area contributed by atoms with Crippen LogP contribution in [0.25, 0.3) is 0 Å². The van der Waals surface area contributed by atoms with E-state index in [4.69, 9.17) is 0 Å². The van der Waals surface area contributed by atoms with E-state index in [1.807, 2.05) is 0 Å². The summed E-state index contributed by atoms with van der Waals surface area (Å²) < 4.78 is 13.4. The van der Waals surface area contributed by atoms with Gasteiger partial charge in [0.25, 0.3) is 5.91 Å². The van der Waals surface area contributed by atoms with Gasteiger partial charge in [0.2, 0.25) is 0 Å². The lowest BCUT2D eigenvalue weighted by molar-refractivity contribution is 0.0945. The molecule has 2 rings (SSSR count). The highest BCUT2D eigenvalue weighted by atomic mass is 19.1. The highest BCUT2D eigenvalue weighted by molar-refractivity contribution is 5.97. The standard InChI is InChI=1S/C15H20FNO2/c16-12-8-3-9-13(18)14(12)15(19)17-10-4-7-11-5-1-2-6-11/h3,8-9,11,18H,1-2,4-7,10H2,(H,17,19). The molecule has 0 atom stereocenters. The van der Waals surface area contributed by atoms with Gasteiger partial charge in [-0.1, -0.05) is 31.7 Å². The molecule has 1 aliphatic rings. The Morgan fingerprint density at radius 2 is 2.11 bits per heavy atom. The van der Waals surface area contributed by atoms with E-state index < -0.39 is 11.7 Å². The number of phenolic OH excluding ortho intramolecular Hbond substituents is 1. The number of nitrogens with one attached hydrogen (secondary N) is 1. The predicted molar refractivity (Wildman–Crippen MR) is 71.6 cm³/mol. The lowest BCUT2D eigenvalue weighted by atomic mass is 10.0. The lowest BCUT2D eigenvalue weighted by Crippen LogP contribution is -2.25. The number of carbonyl (C=O) groups is 1. The van der Waals surface area contributed by atoms with Crippen LogP contribution in [-0.2, 0) is 0 Å². The Morgan fingerprint density at radius 1 is 1.37 bits per heavy atom. The van der Waals surface area contributed by atoms with Gasteiger partial charge in [-0.3, -0.25) is 4.79 Å². The van der Waals surface area contributed by atoms with Gasteiger partial charge in [-0.05, 0) is 30.9 Å². The van der Waals surface area contributed by atoms with Crippen molar-refractivity contribution in [2.45, 2.75) is 38.5 Å². The molecule has 0 heterocycles. The molecule has 104 valence electrons. The highest BCUT2D eigenvalue weighted by Gasteiger charge is 2.17. The largest absolute Gasteiger partial charge is 0.507 e. The first kappa shape index (κ1) is 13.8. The second-order valence-electron chi connectivity index (χ2n) is 5.18. The molecule has 1 amide bonds. The average molecular weight is 265 g/mol. The fourth-order valence-corrected chi connectivity index (χ4v) is 2.72. The molecule has 4 heteroatoms. The van der Waals surface area contributed by atoms with Crippen LogP contribution in [-0.4, -0.2) is 17.6 Å². The lowest BCUT2D eigenvalue weighted by Gasteiger charge is -2.10. The van der Waals surface area contributed by atoms with E-state index in [1.54, 1.807) is 0 Å². The van der Waals surface area contributed by atoms with E-state index >= 15 is 0 Å². The van der Waals surface area contributed by atoms with Crippen molar-refractivity contribution < 1.29 is 14.3 Å². The SMILES string of the molecule is O=C(NCCCC1CCCC1)c1c(O)cccc1F. The molecule has 0 unspecified atom stereocenters. The Labute approximate surface area is 112 Å². The van der Waals surface area contributed by atoms with Crippen molar-refractivity contribution in [3.8, 4) is 5.75 Å². The number of rotatable bonds is 5. The molecule has 0 aliphatic heterocycles. The van der Waals surface area contributed by atoms with Crippen LogP contribution in [0.2, 0.25) is 0 Å². The highest BCUT2D eigenvalue weighted by Crippen LogP contribution is 2.28. The fourth-order valence-electron chi connectivity index (χ4n) is 2.72. The molecular formula is C15H20FNO2. The molecule has 2 N–H and O–H groups in total. The zero-order valence-corrected chi connectivity index (χ0v) is 11.0. The predicted octanol–water partition coefficient (Wildman–Crippen LogP) is 3.23. The molecule has 3 nitrogen and oxygen atoms in total. The molecule has 0 radical (unpaired) electrons. The number of amides is 1. The summed E-state index contributed by atoms with van der Waals surface area (Å²) in [5, 5.41) is 12.2. The van der Waals surface area contributed by atoms with E-state index in [1.165, 1.54) is 43.9 Å². The zero-order valence-electron chi connectivity index (χ0n) is 11.0. The van der Waals surface area contributed by atoms with Gasteiger partial charge in [0, 0.05) is 6.54 Å². The summed E-state index contributed by atoms with van der Waals surface area (Å²) in [6, 6.07) is 3.87. The molecule has 0 saturated heterocycles. The van der Waals surface area contributed by atoms with Crippen LogP contribution in [0.5, 0.6) is 5.75 Å². The number of hydrogen-bond acceptors (Lipinski definition) is 2. The van der Waals surface area contributed by atoms with Gasteiger partial charge in [-0.2, -0.15) is 0 Å². The number of benzene rings is 1. The van der Waals surface area contributed by atoms with E-state index in [9.17, 15) is 14.3 Å². The van der Waals surface area contributed by atoms with Gasteiger partial charge in [0.1, 0.15) is 17.1 Å². The monoisotopic (exact) mass is 265 g/mol. The van der Waals surface area contributed by atoms with Crippen molar-refractivity contribution in [1.29, 1.82) is 0 Å². The smallest absolute Gasteiger partial charge is 0.258 e. The third kappa shape index (κ3) is 3.69. The molecule has 19 heavy (non-hydrogen) atoms. The normalized spacial score (nSPS) is 15.6. The van der Waals surface area contributed by atoms with Crippen LogP contribution in [0, 0.1) is 11.7 Å². The number of phenols is 1. The average Bonchev–Trinajstić information content (AvgIpc) is 2.87. The Hall–Kier alpha value is -1.58. The Morgan fingerprint density at radius 3 is 2.79 bits per heavy atom. The van der Waals surface area contributed by atoms with Crippen molar-refractivity contribution in [3.05, 3.63) is 29.6 Å². The number of carbonyl (C=O) groups excluding carboxylic acids is 1. The first-order valence-corrected chi connectivity index (χ1v) is 6.94. The van der Waals surface area contributed by atoms with Crippen LogP contribution in [0.15, 0.2) is 18.2 Å². The summed E-state index contributed by atoms with van der Waals surface area (Å²) in [4.78, 5) is 11.8. The van der Waals surface area contributed by atoms with Crippen molar-refractivity contribution in [2.24, 2.45) is 5.92 Å². The molecule has 1 saturated carbocycles. The molecule has 1 aromatic carbocycles. The fraction of sp³-hybridized carbons (Fsp3) is 0.533. The van der Waals surface area contributed by atoms with Gasteiger partial charge in [-0.25, -0.2) is 4.39 Å². The summed E-state index contributed by atoms with van der Waals surface area (Å²) in [6.07, 6.45) is 7.25. The number of halogens is 1. The van der Waals surface area contributed by atoms with Crippen molar-refractivity contribution >= 4 is 5.91 Å². The third-order valence-corrected chi connectivity index (χ3v) is 3.77. The van der Waals surface area contributed by atoms with Crippen LogP contribution < -0.4 is 5.32 Å². The zero-order chi connectivity index (χ0) is 13.7. The minimum atomic E-state index is -0.687. The van der Waals surface area contributed by atoms with Crippen molar-refractivity contribution in [2.75, 3.05) is 6.54 Å². The maximum absolute atomic E-state index is 13.4. The van der Waals surface area contributed by atoms with Gasteiger partial charge < -0.3 is 10.4 Å². The molecule has 1 aromatic rings. The van der Waals surface area contributed by atoms with E-state index in [-0.39, 0.29) is 11.3 Å². The van der Waals surface area contributed by atoms with Crippen LogP contribution in [0.4, 0.5) is 4.39 Å². The van der Waals surface area contributed by atoms with Crippen LogP contribution >= 0.6 is 0 Å². The minimum absolute atomic E-state index is 0.261. The topological polar surface area (TPSA) is 49.3 Å². The van der Waals surface area contributed by atoms with Crippen molar-refractivity contribution in [3.63, 3.8) is 0 Å². The molecule has 1 fully saturated rings. The summed E-state index contributed by atoms with van der Waals surface area (Å²) in [5.41, 5.74) is -0.261. The maximum atomic E-state index is 13.4. The van der Waals surface area contributed by atoms with Gasteiger partial charge in [-0.15, -0.1) is 0 Å². The molecule has 0 spiro atoms. The first-order chi connectivity index (χ1) is 9.18. The minimum Gasteiger partial charge on any atom is -0.507 e. The second kappa shape index (κ2) is 6.55. The van der Waals surface area contributed by atoms with Crippen LogP contribution in [0.3, 0.4) is 0 Å².